The van der Waals surface area contributed by atoms with Crippen molar-refractivity contribution >= 4 is 23.2 Å². The van der Waals surface area contributed by atoms with Crippen LogP contribution in [0.5, 0.6) is 0 Å². The van der Waals surface area contributed by atoms with Gasteiger partial charge in [0.25, 0.3) is 5.91 Å². The maximum absolute atomic E-state index is 13.2. The summed E-state index contributed by atoms with van der Waals surface area (Å²) in [7, 11) is 0. The number of benzene rings is 2. The third-order valence-electron chi connectivity index (χ3n) is 10.7. The molecule has 0 spiro atoms. The number of nitrogens with zero attached hydrogens (tertiary/aromatic N) is 7. The van der Waals surface area contributed by atoms with E-state index in [0.29, 0.717) is 59.4 Å². The molecule has 2 atom stereocenters. The Bertz CT molecular complexity index is 2240. The molecule has 1 aliphatic carbocycles. The maximum atomic E-state index is 13.2. The molecule has 2 saturated heterocycles. The van der Waals surface area contributed by atoms with Crippen LogP contribution in [0.3, 0.4) is 0 Å². The zero-order valence-electron chi connectivity index (χ0n) is 30.7. The number of piperidine rings is 2. The lowest BCUT2D eigenvalue weighted by Gasteiger charge is -2.32. The monoisotopic (exact) mass is 777 g/mol. The van der Waals surface area contributed by atoms with Gasteiger partial charge in [-0.05, 0) is 111 Å². The molecule has 56 heavy (non-hydrogen) atoms. The van der Waals surface area contributed by atoms with Gasteiger partial charge in [-0.15, -0.1) is 11.3 Å². The van der Waals surface area contributed by atoms with E-state index in [1.54, 1.807) is 30.5 Å². The molecule has 9 rings (SSSR count). The number of carbonyl (C=O) groups excluding carboxylic acids is 2. The molecule has 0 unspecified atom stereocenters. The van der Waals surface area contributed by atoms with Crippen molar-refractivity contribution in [3.05, 3.63) is 113 Å². The number of carbonyl (C=O) groups is 2. The van der Waals surface area contributed by atoms with Crippen molar-refractivity contribution in [1.82, 2.24) is 35.1 Å². The van der Waals surface area contributed by atoms with E-state index < -0.39 is 0 Å². The second-order valence-electron chi connectivity index (χ2n) is 14.5. The van der Waals surface area contributed by atoms with E-state index in [4.69, 9.17) is 9.05 Å². The average Bonchev–Trinajstić information content (AvgIpc) is 4.10. The van der Waals surface area contributed by atoms with Gasteiger partial charge >= 0.3 is 0 Å². The van der Waals surface area contributed by atoms with Crippen molar-refractivity contribution in [3.63, 3.8) is 0 Å². The Kier molecular flexibility index (Phi) is 11.3. The lowest BCUT2D eigenvalue weighted by Crippen LogP contribution is -2.41. The fourth-order valence-electron chi connectivity index (χ4n) is 7.66. The number of hydrogen-bond acceptors (Lipinski definition) is 10. The number of rotatable bonds is 7. The molecule has 2 amide bonds. The van der Waals surface area contributed by atoms with Crippen LogP contribution in [-0.2, 0) is 4.79 Å². The van der Waals surface area contributed by atoms with Crippen LogP contribution in [0.25, 0.3) is 33.3 Å². The summed E-state index contributed by atoms with van der Waals surface area (Å²) >= 11 is 1.45. The Morgan fingerprint density at radius 1 is 0.661 bits per heavy atom. The van der Waals surface area contributed by atoms with E-state index in [9.17, 15) is 18.4 Å². The summed E-state index contributed by atoms with van der Waals surface area (Å²) in [4.78, 5) is 44.6. The van der Waals surface area contributed by atoms with Gasteiger partial charge in [-0.1, -0.05) is 29.2 Å². The Morgan fingerprint density at radius 3 is 1.80 bits per heavy atom. The standard InChI is InChI=1S/C23H19FN4O2S.C19H22FN3O2/c24-17-8-6-15(7-9-17)21-26-22(30-27-21)16-4-3-13-28(14-16)23(29)20-11-10-19(31-20)18-5-1-2-12-25-18;20-16-9-7-13(8-10-16)17-21-18(25-22-17)15-6-3-11-23(12-15)19(24)14-4-1-2-5-14/h1-2,5-12,16H,3-4,13-14H2;7-10,14-15H,1-6,11-12H2/t16-;15-/m00/s1. The third-order valence-corrected chi connectivity index (χ3v) is 11.8. The summed E-state index contributed by atoms with van der Waals surface area (Å²) in [6, 6.07) is 21.6. The van der Waals surface area contributed by atoms with E-state index in [-0.39, 0.29) is 35.3 Å². The summed E-state index contributed by atoms with van der Waals surface area (Å²) in [5, 5.41) is 8.07. The quantitative estimate of drug-likeness (QED) is 0.156. The van der Waals surface area contributed by atoms with Gasteiger partial charge in [-0.2, -0.15) is 9.97 Å². The van der Waals surface area contributed by atoms with Crippen LogP contribution in [0.4, 0.5) is 8.78 Å². The smallest absolute Gasteiger partial charge is 0.263 e. The van der Waals surface area contributed by atoms with Crippen molar-refractivity contribution in [2.45, 2.75) is 63.2 Å². The summed E-state index contributed by atoms with van der Waals surface area (Å²) in [5.41, 5.74) is 2.29. The van der Waals surface area contributed by atoms with Crippen LogP contribution in [0, 0.1) is 17.6 Å². The molecule has 0 bridgehead atoms. The Balaban J connectivity index is 0.000000161. The molecular formula is C42H41F2N7O4S. The fraction of sp³-hybridized carbons (Fsp3) is 0.357. The highest BCUT2D eigenvalue weighted by atomic mass is 32.1. The summed E-state index contributed by atoms with van der Waals surface area (Å²) in [6.07, 6.45) is 9.76. The minimum Gasteiger partial charge on any atom is -0.342 e. The summed E-state index contributed by atoms with van der Waals surface area (Å²) in [6.45, 7) is 2.71. The lowest BCUT2D eigenvalue weighted by molar-refractivity contribution is -0.136. The van der Waals surface area contributed by atoms with Crippen LogP contribution in [0.1, 0.15) is 84.7 Å². The van der Waals surface area contributed by atoms with Gasteiger partial charge < -0.3 is 18.8 Å². The second-order valence-corrected chi connectivity index (χ2v) is 15.6. The number of aromatic nitrogens is 5. The molecular weight excluding hydrogens is 737 g/mol. The lowest BCUT2D eigenvalue weighted by atomic mass is 9.96. The molecule has 2 aromatic carbocycles. The van der Waals surface area contributed by atoms with Gasteiger partial charge in [0.05, 0.1) is 27.3 Å². The van der Waals surface area contributed by atoms with Gasteiger partial charge in [-0.25, -0.2) is 8.78 Å². The van der Waals surface area contributed by atoms with Crippen LogP contribution >= 0.6 is 11.3 Å². The Hall–Kier alpha value is -5.63. The zero-order chi connectivity index (χ0) is 38.4. The minimum atomic E-state index is -0.311. The maximum Gasteiger partial charge on any atom is 0.263 e. The predicted octanol–water partition coefficient (Wildman–Crippen LogP) is 8.79. The first-order valence-corrected chi connectivity index (χ1v) is 20.0. The normalized spacial score (nSPS) is 18.8. The number of likely N-dealkylation sites (tertiary alicyclic amines) is 2. The molecule has 4 aromatic heterocycles. The number of pyridine rings is 1. The molecule has 0 radical (unpaired) electrons. The first-order chi connectivity index (χ1) is 27.4. The van der Waals surface area contributed by atoms with Gasteiger partial charge in [-0.3, -0.25) is 14.6 Å². The number of thiophene rings is 1. The van der Waals surface area contributed by atoms with Crippen molar-refractivity contribution in [2.75, 3.05) is 26.2 Å². The molecule has 11 nitrogen and oxygen atoms in total. The fourth-order valence-corrected chi connectivity index (χ4v) is 8.61. The van der Waals surface area contributed by atoms with E-state index in [1.807, 2.05) is 40.1 Å². The largest absolute Gasteiger partial charge is 0.342 e. The topological polar surface area (TPSA) is 131 Å². The first kappa shape index (κ1) is 37.3. The molecule has 1 saturated carbocycles. The molecule has 2 aliphatic heterocycles. The number of halogens is 2. The van der Waals surface area contributed by atoms with Crippen molar-refractivity contribution in [2.24, 2.45) is 5.92 Å². The molecule has 3 aliphatic rings. The van der Waals surface area contributed by atoms with Gasteiger partial charge in [0.1, 0.15) is 11.6 Å². The van der Waals surface area contributed by atoms with Crippen LogP contribution in [0.2, 0.25) is 0 Å². The van der Waals surface area contributed by atoms with Crippen molar-refractivity contribution < 1.29 is 27.4 Å². The minimum absolute atomic E-state index is 0.00940. The van der Waals surface area contributed by atoms with Gasteiger partial charge in [0, 0.05) is 49.4 Å². The molecule has 6 aromatic rings. The van der Waals surface area contributed by atoms with Crippen LogP contribution < -0.4 is 0 Å². The second kappa shape index (κ2) is 17.0. The Labute approximate surface area is 326 Å². The zero-order valence-corrected chi connectivity index (χ0v) is 31.5. The van der Waals surface area contributed by atoms with Gasteiger partial charge in [0.15, 0.2) is 0 Å². The van der Waals surface area contributed by atoms with Crippen LogP contribution in [-0.4, -0.2) is 73.1 Å². The summed E-state index contributed by atoms with van der Waals surface area (Å²) in [5.74, 6) is 1.95. The predicted molar refractivity (Wildman–Crippen MR) is 205 cm³/mol. The first-order valence-electron chi connectivity index (χ1n) is 19.2. The molecule has 3 fully saturated rings. The van der Waals surface area contributed by atoms with E-state index in [0.717, 1.165) is 61.2 Å². The number of hydrogen-bond donors (Lipinski definition) is 0. The molecule has 14 heteroatoms. The Morgan fingerprint density at radius 2 is 1.23 bits per heavy atom. The average molecular weight is 778 g/mol. The molecule has 0 N–H and O–H groups in total. The SMILES string of the molecule is O=C(C1CCCC1)N1CCC[C@H](c2nc(-c3ccc(F)cc3)no2)C1.O=C(c1ccc(-c2ccccn2)s1)N1CCC[C@H](c2nc(-c3ccc(F)cc3)no2)C1. The highest BCUT2D eigenvalue weighted by molar-refractivity contribution is 7.17. The summed E-state index contributed by atoms with van der Waals surface area (Å²) < 4.78 is 37.1. The molecule has 288 valence electrons. The van der Waals surface area contributed by atoms with Crippen molar-refractivity contribution in [1.29, 1.82) is 0 Å². The van der Waals surface area contributed by atoms with E-state index in [2.05, 4.69) is 25.3 Å². The van der Waals surface area contributed by atoms with Crippen LogP contribution in [0.15, 0.2) is 94.1 Å². The van der Waals surface area contributed by atoms with E-state index >= 15 is 0 Å². The highest BCUT2D eigenvalue weighted by Crippen LogP contribution is 2.33. The van der Waals surface area contributed by atoms with Crippen molar-refractivity contribution in [3.8, 4) is 33.3 Å². The highest BCUT2D eigenvalue weighted by Gasteiger charge is 2.33. The number of amides is 2. The van der Waals surface area contributed by atoms with E-state index in [1.165, 1.54) is 48.4 Å². The molecule has 6 heterocycles. The van der Waals surface area contributed by atoms with Gasteiger partial charge in [0.2, 0.25) is 29.3 Å². The third kappa shape index (κ3) is 8.60.